The van der Waals surface area contributed by atoms with Crippen molar-refractivity contribution in [3.8, 4) is 0 Å². The fraction of sp³-hybridized carbons (Fsp3) is 0.467. The summed E-state index contributed by atoms with van der Waals surface area (Å²) in [5.41, 5.74) is 0.347. The Morgan fingerprint density at radius 3 is 2.35 bits per heavy atom. The number of carbonyl (C=O) groups is 2. The van der Waals surface area contributed by atoms with Crippen molar-refractivity contribution in [2.24, 2.45) is 0 Å². The second kappa shape index (κ2) is 7.06. The molecule has 0 aromatic heterocycles. The Hall–Kier alpha value is -1.11. The van der Waals surface area contributed by atoms with E-state index in [0.29, 0.717) is 12.1 Å². The van der Waals surface area contributed by atoms with Crippen molar-refractivity contribution in [3.05, 3.63) is 33.4 Å². The normalized spacial score (nSPS) is 11.1. The number of nitrogens with one attached hydrogen (secondary N) is 1. The molecule has 0 heterocycles. The highest BCUT2D eigenvalue weighted by Crippen LogP contribution is 2.14. The second-order valence-corrected chi connectivity index (χ2v) is 6.76. The molecule has 1 N–H and O–H groups in total. The Balaban J connectivity index is 2.79. The van der Waals surface area contributed by atoms with Crippen LogP contribution in [0.2, 0.25) is 0 Å². The molecule has 0 aliphatic heterocycles. The molecule has 0 aliphatic carbocycles. The Morgan fingerprint density at radius 2 is 1.85 bits per heavy atom. The maximum absolute atomic E-state index is 12.4. The lowest BCUT2D eigenvalue weighted by Gasteiger charge is -2.25. The molecule has 0 unspecified atom stereocenters. The van der Waals surface area contributed by atoms with Gasteiger partial charge in [-0.2, -0.15) is 0 Å². The summed E-state index contributed by atoms with van der Waals surface area (Å²) < 4.78 is 0.893. The molecular weight excluding hydrogens is 367 g/mol. The number of amides is 2. The fourth-order valence-electron chi connectivity index (χ4n) is 1.76. The summed E-state index contributed by atoms with van der Waals surface area (Å²) in [4.78, 5) is 25.9. The first kappa shape index (κ1) is 16.9. The van der Waals surface area contributed by atoms with Gasteiger partial charge in [0.15, 0.2) is 0 Å². The first-order valence-corrected chi connectivity index (χ1v) is 7.67. The summed E-state index contributed by atoms with van der Waals surface area (Å²) in [6, 6.07) is 7.39. The van der Waals surface area contributed by atoms with Gasteiger partial charge in [0.2, 0.25) is 5.91 Å². The Bertz CT molecular complexity index is 495. The first-order chi connectivity index (χ1) is 9.24. The van der Waals surface area contributed by atoms with Crippen LogP contribution in [0.3, 0.4) is 0 Å². The lowest BCUT2D eigenvalue weighted by molar-refractivity contribution is -0.123. The van der Waals surface area contributed by atoms with Crippen LogP contribution in [0.15, 0.2) is 24.3 Å². The van der Waals surface area contributed by atoms with Crippen molar-refractivity contribution in [2.45, 2.75) is 33.2 Å². The standard InChI is InChI=1S/C15H21IN2O2/c1-5-18(10-13(19)17-15(2,3)4)14(20)11-8-6-7-9-12(11)16/h6-9H,5,10H2,1-4H3,(H,17,19). The molecule has 0 aliphatic rings. The van der Waals surface area contributed by atoms with Crippen LogP contribution in [-0.2, 0) is 4.79 Å². The average molecular weight is 388 g/mol. The van der Waals surface area contributed by atoms with E-state index in [1.54, 1.807) is 11.0 Å². The first-order valence-electron chi connectivity index (χ1n) is 6.59. The van der Waals surface area contributed by atoms with E-state index in [0.717, 1.165) is 3.57 Å². The molecule has 5 heteroatoms. The maximum atomic E-state index is 12.4. The highest BCUT2D eigenvalue weighted by Gasteiger charge is 2.21. The van der Waals surface area contributed by atoms with Crippen LogP contribution in [0.4, 0.5) is 0 Å². The van der Waals surface area contributed by atoms with Gasteiger partial charge in [-0.25, -0.2) is 0 Å². The summed E-state index contributed by atoms with van der Waals surface area (Å²) in [6.07, 6.45) is 0. The van der Waals surface area contributed by atoms with E-state index in [1.807, 2.05) is 45.9 Å². The zero-order chi connectivity index (χ0) is 15.3. The fourth-order valence-corrected chi connectivity index (χ4v) is 2.38. The number of hydrogen-bond donors (Lipinski definition) is 1. The van der Waals surface area contributed by atoms with Gasteiger partial charge in [0, 0.05) is 15.7 Å². The smallest absolute Gasteiger partial charge is 0.255 e. The molecule has 1 aromatic carbocycles. The summed E-state index contributed by atoms with van der Waals surface area (Å²) in [6.45, 7) is 8.21. The highest BCUT2D eigenvalue weighted by molar-refractivity contribution is 14.1. The molecule has 0 spiro atoms. The van der Waals surface area contributed by atoms with Crippen LogP contribution >= 0.6 is 22.6 Å². The van der Waals surface area contributed by atoms with Crippen LogP contribution in [0.25, 0.3) is 0 Å². The molecule has 20 heavy (non-hydrogen) atoms. The number of rotatable bonds is 4. The highest BCUT2D eigenvalue weighted by atomic mass is 127. The van der Waals surface area contributed by atoms with E-state index in [4.69, 9.17) is 0 Å². The van der Waals surface area contributed by atoms with Crippen LogP contribution < -0.4 is 5.32 Å². The monoisotopic (exact) mass is 388 g/mol. The molecule has 4 nitrogen and oxygen atoms in total. The maximum Gasteiger partial charge on any atom is 0.255 e. The van der Waals surface area contributed by atoms with Crippen molar-refractivity contribution < 1.29 is 9.59 Å². The van der Waals surface area contributed by atoms with E-state index >= 15 is 0 Å². The van der Waals surface area contributed by atoms with Crippen molar-refractivity contribution in [2.75, 3.05) is 13.1 Å². The van der Waals surface area contributed by atoms with E-state index in [2.05, 4.69) is 27.9 Å². The number of benzene rings is 1. The van der Waals surface area contributed by atoms with Crippen molar-refractivity contribution >= 4 is 34.4 Å². The van der Waals surface area contributed by atoms with E-state index in [9.17, 15) is 9.59 Å². The summed E-state index contributed by atoms with van der Waals surface area (Å²) >= 11 is 2.13. The van der Waals surface area contributed by atoms with Crippen molar-refractivity contribution in [1.29, 1.82) is 0 Å². The molecule has 1 aromatic rings. The third-order valence-electron chi connectivity index (χ3n) is 2.62. The number of likely N-dealkylation sites (N-methyl/N-ethyl adjacent to an activating group) is 1. The molecule has 110 valence electrons. The molecule has 0 radical (unpaired) electrons. The van der Waals surface area contributed by atoms with Gasteiger partial charge in [-0.3, -0.25) is 9.59 Å². The van der Waals surface area contributed by atoms with Gasteiger partial charge < -0.3 is 10.2 Å². The minimum Gasteiger partial charge on any atom is -0.350 e. The summed E-state index contributed by atoms with van der Waals surface area (Å²) in [5, 5.41) is 2.87. The van der Waals surface area contributed by atoms with Gasteiger partial charge in [0.25, 0.3) is 5.91 Å². The number of carbonyl (C=O) groups excluding carboxylic acids is 2. The SMILES string of the molecule is CCN(CC(=O)NC(C)(C)C)C(=O)c1ccccc1I. The van der Waals surface area contributed by atoms with E-state index in [-0.39, 0.29) is 23.9 Å². The summed E-state index contributed by atoms with van der Waals surface area (Å²) in [7, 11) is 0. The minimum absolute atomic E-state index is 0.0809. The quantitative estimate of drug-likeness (QED) is 0.807. The van der Waals surface area contributed by atoms with Gasteiger partial charge in [0.05, 0.1) is 12.1 Å². The second-order valence-electron chi connectivity index (χ2n) is 5.60. The van der Waals surface area contributed by atoms with Gasteiger partial charge in [-0.15, -0.1) is 0 Å². The van der Waals surface area contributed by atoms with Crippen molar-refractivity contribution in [3.63, 3.8) is 0 Å². The predicted octanol–water partition coefficient (Wildman–Crippen LogP) is 2.67. The molecule has 0 fully saturated rings. The average Bonchev–Trinajstić information content (AvgIpc) is 2.33. The number of halogens is 1. The Kier molecular flexibility index (Phi) is 5.98. The lowest BCUT2D eigenvalue weighted by atomic mass is 10.1. The van der Waals surface area contributed by atoms with Crippen LogP contribution in [-0.4, -0.2) is 35.3 Å². The largest absolute Gasteiger partial charge is 0.350 e. The summed E-state index contributed by atoms with van der Waals surface area (Å²) in [5.74, 6) is -0.250. The third kappa shape index (κ3) is 5.11. The lowest BCUT2D eigenvalue weighted by Crippen LogP contribution is -2.47. The molecule has 0 saturated heterocycles. The van der Waals surface area contributed by atoms with Gasteiger partial charge in [-0.1, -0.05) is 12.1 Å². The zero-order valence-electron chi connectivity index (χ0n) is 12.4. The molecular formula is C15H21IN2O2. The van der Waals surface area contributed by atoms with Gasteiger partial charge in [-0.05, 0) is 62.4 Å². The Labute approximate surface area is 134 Å². The van der Waals surface area contributed by atoms with Gasteiger partial charge >= 0.3 is 0 Å². The minimum atomic E-state index is -0.291. The molecule has 1 rings (SSSR count). The Morgan fingerprint density at radius 1 is 1.25 bits per heavy atom. The van der Waals surface area contributed by atoms with E-state index in [1.165, 1.54) is 0 Å². The topological polar surface area (TPSA) is 49.4 Å². The third-order valence-corrected chi connectivity index (χ3v) is 3.56. The number of hydrogen-bond acceptors (Lipinski definition) is 2. The van der Waals surface area contributed by atoms with Crippen LogP contribution in [0, 0.1) is 3.57 Å². The number of nitrogens with zero attached hydrogens (tertiary/aromatic N) is 1. The zero-order valence-corrected chi connectivity index (χ0v) is 14.5. The van der Waals surface area contributed by atoms with Crippen LogP contribution in [0.1, 0.15) is 38.1 Å². The predicted molar refractivity (Wildman–Crippen MR) is 88.6 cm³/mol. The molecule has 2 amide bonds. The molecule has 0 bridgehead atoms. The molecule has 0 saturated carbocycles. The molecule has 0 atom stereocenters. The van der Waals surface area contributed by atoms with Gasteiger partial charge in [0.1, 0.15) is 0 Å². The van der Waals surface area contributed by atoms with Crippen LogP contribution in [0.5, 0.6) is 0 Å². The van der Waals surface area contributed by atoms with E-state index < -0.39 is 0 Å². The van der Waals surface area contributed by atoms with Crippen molar-refractivity contribution in [1.82, 2.24) is 10.2 Å².